The molecule has 2 N–H and O–H groups in total. The number of aromatic nitrogens is 2. The topological polar surface area (TPSA) is 102 Å². The second-order valence-corrected chi connectivity index (χ2v) is 8.38. The highest BCUT2D eigenvalue weighted by Gasteiger charge is 2.17. The molecule has 0 aliphatic carbocycles. The summed E-state index contributed by atoms with van der Waals surface area (Å²) < 4.78 is 11.1. The smallest absolute Gasteiger partial charge is 0.257 e. The number of halogens is 1. The maximum absolute atomic E-state index is 12.4. The highest BCUT2D eigenvalue weighted by atomic mass is 35.5. The molecule has 8 nitrogen and oxygen atoms in total. The number of anilines is 2. The minimum absolute atomic E-state index is 0.141. The summed E-state index contributed by atoms with van der Waals surface area (Å²) in [6, 6.07) is 11.8. The first-order valence-electron chi connectivity index (χ1n) is 8.29. The molecular formula is C18H13ClN4O4S2. The zero-order chi connectivity index (χ0) is 20.2. The van der Waals surface area contributed by atoms with Crippen molar-refractivity contribution in [2.75, 3.05) is 23.2 Å². The molecule has 0 atom stereocenters. The molecule has 0 unspecified atom stereocenters. The van der Waals surface area contributed by atoms with E-state index in [1.54, 1.807) is 42.5 Å². The van der Waals surface area contributed by atoms with Crippen LogP contribution in [0.5, 0.6) is 11.5 Å². The van der Waals surface area contributed by atoms with Crippen LogP contribution < -0.4 is 20.1 Å². The molecule has 0 spiro atoms. The van der Waals surface area contributed by atoms with Gasteiger partial charge in [-0.05, 0) is 36.4 Å². The van der Waals surface area contributed by atoms with E-state index in [4.69, 9.17) is 21.1 Å². The van der Waals surface area contributed by atoms with Crippen molar-refractivity contribution in [2.24, 2.45) is 0 Å². The molecule has 0 fully saturated rings. The standard InChI is InChI=1S/C18H13ClN4O4S2/c19-11-2-1-3-12(7-11)20-15(24)8-28-18-23-22-17(29-18)21-16(25)10-4-5-13-14(6-10)27-9-26-13/h1-7H,8-9H2,(H,20,24)(H,21,22,25). The summed E-state index contributed by atoms with van der Waals surface area (Å²) in [5.74, 6) is 0.745. The van der Waals surface area contributed by atoms with Crippen LogP contribution in [0.1, 0.15) is 10.4 Å². The van der Waals surface area contributed by atoms with E-state index in [2.05, 4.69) is 20.8 Å². The molecule has 2 amide bonds. The summed E-state index contributed by atoms with van der Waals surface area (Å²) in [6.07, 6.45) is 0. The molecule has 1 aliphatic rings. The summed E-state index contributed by atoms with van der Waals surface area (Å²) in [5.41, 5.74) is 1.04. The molecule has 0 bridgehead atoms. The predicted octanol–water partition coefficient (Wildman–Crippen LogP) is 3.90. The molecule has 148 valence electrons. The van der Waals surface area contributed by atoms with Gasteiger partial charge in [-0.2, -0.15) is 0 Å². The zero-order valence-corrected chi connectivity index (χ0v) is 17.1. The van der Waals surface area contributed by atoms with Crippen molar-refractivity contribution in [1.82, 2.24) is 10.2 Å². The Labute approximate surface area is 178 Å². The molecule has 0 radical (unpaired) electrons. The Balaban J connectivity index is 1.30. The monoisotopic (exact) mass is 448 g/mol. The third-order valence-corrected chi connectivity index (χ3v) is 5.90. The third kappa shape index (κ3) is 4.97. The van der Waals surface area contributed by atoms with Gasteiger partial charge >= 0.3 is 0 Å². The van der Waals surface area contributed by atoms with Gasteiger partial charge in [-0.25, -0.2) is 0 Å². The number of thioether (sulfide) groups is 1. The zero-order valence-electron chi connectivity index (χ0n) is 14.7. The molecule has 1 aromatic heterocycles. The largest absolute Gasteiger partial charge is 0.454 e. The van der Waals surface area contributed by atoms with Gasteiger partial charge in [-0.1, -0.05) is 40.8 Å². The number of rotatable bonds is 6. The molecule has 1 aliphatic heterocycles. The Morgan fingerprint density at radius 1 is 1.10 bits per heavy atom. The number of amides is 2. The lowest BCUT2D eigenvalue weighted by Gasteiger charge is -2.04. The predicted molar refractivity (Wildman–Crippen MR) is 111 cm³/mol. The molecule has 11 heteroatoms. The molecule has 3 aromatic rings. The lowest BCUT2D eigenvalue weighted by atomic mass is 10.2. The van der Waals surface area contributed by atoms with E-state index < -0.39 is 0 Å². The van der Waals surface area contributed by atoms with E-state index in [0.29, 0.717) is 37.2 Å². The van der Waals surface area contributed by atoms with Gasteiger partial charge in [0, 0.05) is 16.3 Å². The van der Waals surface area contributed by atoms with Gasteiger partial charge in [0.1, 0.15) is 0 Å². The van der Waals surface area contributed by atoms with Crippen LogP contribution >= 0.6 is 34.7 Å². The van der Waals surface area contributed by atoms with Gasteiger partial charge < -0.3 is 14.8 Å². The summed E-state index contributed by atoms with van der Waals surface area (Å²) in [6.45, 7) is 0.141. The molecule has 4 rings (SSSR count). The fourth-order valence-corrected chi connectivity index (χ4v) is 4.15. The summed E-state index contributed by atoms with van der Waals surface area (Å²) in [4.78, 5) is 24.4. The maximum atomic E-state index is 12.4. The number of nitrogens with one attached hydrogen (secondary N) is 2. The number of hydrogen-bond donors (Lipinski definition) is 2. The van der Waals surface area contributed by atoms with Gasteiger partial charge in [-0.3, -0.25) is 14.9 Å². The van der Waals surface area contributed by atoms with Gasteiger partial charge in [0.25, 0.3) is 5.91 Å². The van der Waals surface area contributed by atoms with Crippen molar-refractivity contribution < 1.29 is 19.1 Å². The van der Waals surface area contributed by atoms with E-state index >= 15 is 0 Å². The van der Waals surface area contributed by atoms with Gasteiger partial charge in [-0.15, -0.1) is 10.2 Å². The van der Waals surface area contributed by atoms with Crippen LogP contribution in [0.3, 0.4) is 0 Å². The van der Waals surface area contributed by atoms with Crippen LogP contribution in [0.2, 0.25) is 5.02 Å². The van der Waals surface area contributed by atoms with E-state index in [1.807, 2.05) is 0 Å². The van der Waals surface area contributed by atoms with Crippen LogP contribution in [0.15, 0.2) is 46.8 Å². The van der Waals surface area contributed by atoms with Crippen molar-refractivity contribution in [1.29, 1.82) is 0 Å². The van der Waals surface area contributed by atoms with Gasteiger partial charge in [0.05, 0.1) is 5.75 Å². The lowest BCUT2D eigenvalue weighted by molar-refractivity contribution is -0.113. The Hall–Kier alpha value is -2.82. The first kappa shape index (κ1) is 19.5. The Morgan fingerprint density at radius 3 is 2.83 bits per heavy atom. The number of benzene rings is 2. The van der Waals surface area contributed by atoms with Crippen LogP contribution in [-0.2, 0) is 4.79 Å². The number of nitrogens with zero attached hydrogens (tertiary/aromatic N) is 2. The molecule has 2 heterocycles. The van der Waals surface area contributed by atoms with Crippen molar-refractivity contribution in [3.8, 4) is 11.5 Å². The lowest BCUT2D eigenvalue weighted by Crippen LogP contribution is -2.13. The first-order chi connectivity index (χ1) is 14.1. The van der Waals surface area contributed by atoms with Crippen LogP contribution in [0, 0.1) is 0 Å². The van der Waals surface area contributed by atoms with Crippen LogP contribution in [0.4, 0.5) is 10.8 Å². The number of hydrogen-bond acceptors (Lipinski definition) is 8. The summed E-state index contributed by atoms with van der Waals surface area (Å²) >= 11 is 8.30. The fourth-order valence-electron chi connectivity index (χ4n) is 2.42. The average molecular weight is 449 g/mol. The number of carbonyl (C=O) groups is 2. The number of carbonyl (C=O) groups excluding carboxylic acids is 2. The SMILES string of the molecule is O=C(CSc1nnc(NC(=O)c2ccc3c(c2)OCO3)s1)Nc1cccc(Cl)c1. The normalized spacial score (nSPS) is 11.9. The van der Waals surface area contributed by atoms with Gasteiger partial charge in [0.2, 0.25) is 17.8 Å². The van der Waals surface area contributed by atoms with E-state index in [0.717, 1.165) is 0 Å². The van der Waals surface area contributed by atoms with E-state index in [-0.39, 0.29) is 24.4 Å². The third-order valence-electron chi connectivity index (χ3n) is 3.70. The van der Waals surface area contributed by atoms with E-state index in [1.165, 1.54) is 23.1 Å². The van der Waals surface area contributed by atoms with Crippen LogP contribution in [-0.4, -0.2) is 34.6 Å². The minimum atomic E-state index is -0.338. The van der Waals surface area contributed by atoms with Crippen LogP contribution in [0.25, 0.3) is 0 Å². The molecule has 29 heavy (non-hydrogen) atoms. The molecule has 0 saturated heterocycles. The Morgan fingerprint density at radius 2 is 1.97 bits per heavy atom. The van der Waals surface area contributed by atoms with Gasteiger partial charge in [0.15, 0.2) is 15.8 Å². The second-order valence-electron chi connectivity index (χ2n) is 5.74. The molecular weight excluding hydrogens is 436 g/mol. The molecule has 0 saturated carbocycles. The summed E-state index contributed by atoms with van der Waals surface area (Å²) in [5, 5.41) is 14.2. The van der Waals surface area contributed by atoms with E-state index in [9.17, 15) is 9.59 Å². The number of ether oxygens (including phenoxy) is 2. The molecule has 2 aromatic carbocycles. The summed E-state index contributed by atoms with van der Waals surface area (Å²) in [7, 11) is 0. The van der Waals surface area contributed by atoms with Crippen molar-refractivity contribution in [3.63, 3.8) is 0 Å². The minimum Gasteiger partial charge on any atom is -0.454 e. The van der Waals surface area contributed by atoms with Crippen molar-refractivity contribution in [3.05, 3.63) is 53.1 Å². The fraction of sp³-hybridized carbons (Fsp3) is 0.111. The second kappa shape index (κ2) is 8.68. The van der Waals surface area contributed by atoms with Crippen molar-refractivity contribution in [2.45, 2.75) is 4.34 Å². The Bertz CT molecular complexity index is 1080. The Kier molecular flexibility index (Phi) is 5.84. The highest BCUT2D eigenvalue weighted by molar-refractivity contribution is 8.01. The number of fused-ring (bicyclic) bond motifs is 1. The quantitative estimate of drug-likeness (QED) is 0.435. The highest BCUT2D eigenvalue weighted by Crippen LogP contribution is 2.33. The van der Waals surface area contributed by atoms with Crippen molar-refractivity contribution >= 4 is 57.3 Å². The average Bonchev–Trinajstić information content (AvgIpc) is 3.35. The maximum Gasteiger partial charge on any atom is 0.257 e. The first-order valence-corrected chi connectivity index (χ1v) is 10.5.